The molecule has 0 fully saturated rings. The van der Waals surface area contributed by atoms with Crippen molar-refractivity contribution < 1.29 is 17.9 Å². The Kier molecular flexibility index (Phi) is 5.12. The molecule has 0 aliphatic heterocycles. The van der Waals surface area contributed by atoms with Crippen molar-refractivity contribution in [2.75, 3.05) is 18.5 Å². The van der Waals surface area contributed by atoms with E-state index in [0.717, 1.165) is 22.3 Å². The molecular formula is C15H13BrF3NO. The van der Waals surface area contributed by atoms with Crippen molar-refractivity contribution in [3.63, 3.8) is 0 Å². The highest BCUT2D eigenvalue weighted by Gasteiger charge is 2.30. The third-order valence-corrected chi connectivity index (χ3v) is 3.18. The minimum Gasteiger partial charge on any atom is -0.492 e. The van der Waals surface area contributed by atoms with E-state index in [9.17, 15) is 13.2 Å². The molecule has 0 saturated carbocycles. The summed E-state index contributed by atoms with van der Waals surface area (Å²) in [6.45, 7) is 0.764. The first kappa shape index (κ1) is 15.7. The molecule has 0 spiro atoms. The lowest BCUT2D eigenvalue weighted by Gasteiger charge is -2.11. The molecule has 112 valence electrons. The molecule has 0 aliphatic carbocycles. The van der Waals surface area contributed by atoms with Gasteiger partial charge in [-0.05, 0) is 36.4 Å². The topological polar surface area (TPSA) is 21.3 Å². The minimum atomic E-state index is -4.35. The summed E-state index contributed by atoms with van der Waals surface area (Å²) >= 11 is 3.36. The van der Waals surface area contributed by atoms with E-state index < -0.39 is 11.7 Å². The molecule has 0 unspecified atom stereocenters. The van der Waals surface area contributed by atoms with Crippen LogP contribution in [0.15, 0.2) is 53.0 Å². The van der Waals surface area contributed by atoms with Crippen molar-refractivity contribution in [1.82, 2.24) is 0 Å². The number of hydrogen-bond acceptors (Lipinski definition) is 2. The number of anilines is 1. The fourth-order valence-corrected chi connectivity index (χ4v) is 2.12. The predicted molar refractivity (Wildman–Crippen MR) is 79.6 cm³/mol. The van der Waals surface area contributed by atoms with E-state index in [0.29, 0.717) is 6.54 Å². The van der Waals surface area contributed by atoms with Crippen LogP contribution in [0.3, 0.4) is 0 Å². The molecule has 2 nitrogen and oxygen atoms in total. The minimum absolute atomic E-state index is 0.209. The largest absolute Gasteiger partial charge is 0.492 e. The maximum Gasteiger partial charge on any atom is 0.416 e. The zero-order valence-electron chi connectivity index (χ0n) is 11.0. The summed E-state index contributed by atoms with van der Waals surface area (Å²) in [6.07, 6.45) is -4.35. The van der Waals surface area contributed by atoms with Gasteiger partial charge in [-0.2, -0.15) is 13.2 Å². The highest BCUT2D eigenvalue weighted by atomic mass is 79.9. The van der Waals surface area contributed by atoms with Crippen molar-refractivity contribution in [3.8, 4) is 5.75 Å². The van der Waals surface area contributed by atoms with E-state index in [1.54, 1.807) is 0 Å². The average molecular weight is 360 g/mol. The summed E-state index contributed by atoms with van der Waals surface area (Å²) in [5, 5.41) is 3.12. The summed E-state index contributed by atoms with van der Waals surface area (Å²) in [7, 11) is 0. The highest BCUT2D eigenvalue weighted by molar-refractivity contribution is 9.10. The Hall–Kier alpha value is -1.69. The van der Waals surface area contributed by atoms with Crippen LogP contribution in [0.2, 0.25) is 0 Å². The van der Waals surface area contributed by atoms with E-state index in [4.69, 9.17) is 4.74 Å². The zero-order valence-corrected chi connectivity index (χ0v) is 12.5. The number of nitrogens with one attached hydrogen (secondary N) is 1. The Morgan fingerprint density at radius 1 is 1.05 bits per heavy atom. The van der Waals surface area contributed by atoms with Gasteiger partial charge in [0, 0.05) is 16.7 Å². The molecule has 0 bridgehead atoms. The van der Waals surface area contributed by atoms with Gasteiger partial charge in [0.1, 0.15) is 12.4 Å². The lowest BCUT2D eigenvalue weighted by atomic mass is 10.2. The van der Waals surface area contributed by atoms with Crippen LogP contribution >= 0.6 is 15.9 Å². The highest BCUT2D eigenvalue weighted by Crippen LogP contribution is 2.31. The number of ether oxygens (including phenoxy) is 1. The molecule has 0 radical (unpaired) electrons. The molecule has 21 heavy (non-hydrogen) atoms. The SMILES string of the molecule is FC(F)(F)c1cccc(OCCNc2cccc(Br)c2)c1. The van der Waals surface area contributed by atoms with Crippen molar-refractivity contribution in [2.24, 2.45) is 0 Å². The average Bonchev–Trinajstić information content (AvgIpc) is 2.43. The first-order valence-electron chi connectivity index (χ1n) is 6.25. The Balaban J connectivity index is 1.84. The normalized spacial score (nSPS) is 11.2. The molecule has 0 aromatic heterocycles. The van der Waals surface area contributed by atoms with Crippen LogP contribution in [-0.4, -0.2) is 13.2 Å². The summed E-state index contributed by atoms with van der Waals surface area (Å²) in [5.41, 5.74) is 0.206. The van der Waals surface area contributed by atoms with Crippen molar-refractivity contribution in [1.29, 1.82) is 0 Å². The number of hydrogen-bond donors (Lipinski definition) is 1. The molecule has 2 aromatic carbocycles. The second kappa shape index (κ2) is 6.85. The van der Waals surface area contributed by atoms with Crippen LogP contribution in [0.5, 0.6) is 5.75 Å². The number of benzene rings is 2. The summed E-state index contributed by atoms with van der Waals surface area (Å²) in [5.74, 6) is 0.209. The van der Waals surface area contributed by atoms with Crippen LogP contribution in [0.4, 0.5) is 18.9 Å². The molecule has 1 N–H and O–H groups in total. The number of halogens is 4. The van der Waals surface area contributed by atoms with Gasteiger partial charge in [0.25, 0.3) is 0 Å². The lowest BCUT2D eigenvalue weighted by molar-refractivity contribution is -0.137. The van der Waals surface area contributed by atoms with Crippen LogP contribution in [0.1, 0.15) is 5.56 Å². The molecule has 0 amide bonds. The van der Waals surface area contributed by atoms with Gasteiger partial charge >= 0.3 is 6.18 Å². The molecule has 0 atom stereocenters. The molecule has 2 rings (SSSR count). The molecule has 0 heterocycles. The van der Waals surface area contributed by atoms with Crippen molar-refractivity contribution >= 4 is 21.6 Å². The Morgan fingerprint density at radius 2 is 1.81 bits per heavy atom. The van der Waals surface area contributed by atoms with Gasteiger partial charge in [-0.15, -0.1) is 0 Å². The quantitative estimate of drug-likeness (QED) is 0.761. The van der Waals surface area contributed by atoms with Gasteiger partial charge in [0.05, 0.1) is 5.56 Å². The lowest BCUT2D eigenvalue weighted by Crippen LogP contribution is -2.12. The number of rotatable bonds is 5. The first-order chi connectivity index (χ1) is 9.95. The monoisotopic (exact) mass is 359 g/mol. The summed E-state index contributed by atoms with van der Waals surface area (Å²) in [6, 6.07) is 12.5. The van der Waals surface area contributed by atoms with Crippen molar-refractivity contribution in [2.45, 2.75) is 6.18 Å². The van der Waals surface area contributed by atoms with Crippen LogP contribution in [-0.2, 0) is 6.18 Å². The van der Waals surface area contributed by atoms with Crippen molar-refractivity contribution in [3.05, 3.63) is 58.6 Å². The molecule has 0 aliphatic rings. The van der Waals surface area contributed by atoms with E-state index >= 15 is 0 Å². The summed E-state index contributed by atoms with van der Waals surface area (Å²) in [4.78, 5) is 0. The van der Waals surface area contributed by atoms with Gasteiger partial charge in [0.2, 0.25) is 0 Å². The van der Waals surface area contributed by atoms with Gasteiger partial charge < -0.3 is 10.1 Å². The van der Waals surface area contributed by atoms with E-state index in [1.807, 2.05) is 24.3 Å². The molecule has 2 aromatic rings. The van der Waals surface area contributed by atoms with Crippen LogP contribution < -0.4 is 10.1 Å². The van der Waals surface area contributed by atoms with Crippen LogP contribution in [0.25, 0.3) is 0 Å². The fraction of sp³-hybridized carbons (Fsp3) is 0.200. The van der Waals surface area contributed by atoms with Gasteiger partial charge in [-0.25, -0.2) is 0 Å². The third kappa shape index (κ3) is 4.97. The second-order valence-corrected chi connectivity index (χ2v) is 5.23. The molecular weight excluding hydrogens is 347 g/mol. The third-order valence-electron chi connectivity index (χ3n) is 2.69. The predicted octanol–water partition coefficient (Wildman–Crippen LogP) is 4.96. The van der Waals surface area contributed by atoms with Crippen LogP contribution in [0, 0.1) is 0 Å². The maximum atomic E-state index is 12.5. The van der Waals surface area contributed by atoms with E-state index in [1.165, 1.54) is 12.1 Å². The fourth-order valence-electron chi connectivity index (χ4n) is 1.72. The second-order valence-electron chi connectivity index (χ2n) is 4.31. The van der Waals surface area contributed by atoms with Gasteiger partial charge in [0.15, 0.2) is 0 Å². The van der Waals surface area contributed by atoms with E-state index in [2.05, 4.69) is 21.2 Å². The molecule has 6 heteroatoms. The first-order valence-corrected chi connectivity index (χ1v) is 7.04. The number of alkyl halides is 3. The molecule has 0 saturated heterocycles. The Morgan fingerprint density at radius 3 is 2.52 bits per heavy atom. The summed E-state index contributed by atoms with van der Waals surface area (Å²) < 4.78 is 43.9. The maximum absolute atomic E-state index is 12.5. The zero-order chi connectivity index (χ0) is 15.3. The standard InChI is InChI=1S/C15H13BrF3NO/c16-12-4-2-5-13(10-12)20-7-8-21-14-6-1-3-11(9-14)15(17,18)19/h1-6,9-10,20H,7-8H2. The Bertz CT molecular complexity index is 601. The Labute approximate surface area is 129 Å². The smallest absolute Gasteiger partial charge is 0.416 e. The van der Waals surface area contributed by atoms with Gasteiger partial charge in [-0.1, -0.05) is 28.1 Å². The van der Waals surface area contributed by atoms with E-state index in [-0.39, 0.29) is 12.4 Å². The van der Waals surface area contributed by atoms with Gasteiger partial charge in [-0.3, -0.25) is 0 Å².